The number of carbonyl (C=O) groups excluding carboxylic acids is 3. The van der Waals surface area contributed by atoms with Gasteiger partial charge in [-0.3, -0.25) is 14.4 Å². The zero-order valence-electron chi connectivity index (χ0n) is 27.0. The summed E-state index contributed by atoms with van der Waals surface area (Å²) >= 11 is 1.59. The molecule has 10 nitrogen and oxygen atoms in total. The number of hydrogen-bond donors (Lipinski definition) is 0. The van der Waals surface area contributed by atoms with Gasteiger partial charge >= 0.3 is 23.5 Å². The van der Waals surface area contributed by atoms with Crippen molar-refractivity contribution in [1.82, 2.24) is 0 Å². The molecule has 45 heavy (non-hydrogen) atoms. The van der Waals surface area contributed by atoms with Crippen LogP contribution in [0.3, 0.4) is 0 Å². The standard InChI is InChI=1S/C31H42F2O10SSi/c1-15(2)45(16(3)4,17(5)6)44-31-29(41-20(9)36)28(27(40-19(8)35)25(43-31)14-38-18(7)34)39-13-21-12-22-24(42-30(21)37)11-10-23(32)26(22)33/h10-12,15-17,25,27-29,31H,13-14H2,1-9H3/t25?,27-,28?,29?,31-/m0/s1. The third-order valence-electron chi connectivity index (χ3n) is 7.98. The van der Waals surface area contributed by atoms with Gasteiger partial charge in [0.2, 0.25) is 0 Å². The van der Waals surface area contributed by atoms with Gasteiger partial charge in [-0.1, -0.05) is 41.5 Å². The lowest BCUT2D eigenvalue weighted by molar-refractivity contribution is -0.241. The number of hydrogen-bond acceptors (Lipinski definition) is 11. The summed E-state index contributed by atoms with van der Waals surface area (Å²) < 4.78 is 63.1. The van der Waals surface area contributed by atoms with E-state index in [0.717, 1.165) is 18.2 Å². The number of ether oxygens (including phenoxy) is 5. The summed E-state index contributed by atoms with van der Waals surface area (Å²) in [5, 5.41) is -0.268. The highest BCUT2D eigenvalue weighted by atomic mass is 32.4. The minimum atomic E-state index is -2.32. The van der Waals surface area contributed by atoms with Crippen molar-refractivity contribution in [2.45, 2.75) is 115 Å². The van der Waals surface area contributed by atoms with E-state index in [1.807, 2.05) is 0 Å². The first-order valence-electron chi connectivity index (χ1n) is 14.8. The van der Waals surface area contributed by atoms with Crippen molar-refractivity contribution in [1.29, 1.82) is 0 Å². The lowest BCUT2D eigenvalue weighted by Gasteiger charge is -2.50. The highest BCUT2D eigenvalue weighted by Gasteiger charge is 2.55. The molecule has 0 saturated carbocycles. The fourth-order valence-electron chi connectivity index (χ4n) is 6.21. The molecule has 0 radical (unpaired) electrons. The van der Waals surface area contributed by atoms with E-state index in [4.69, 9.17) is 28.1 Å². The van der Waals surface area contributed by atoms with Crippen LogP contribution in [0.2, 0.25) is 16.6 Å². The van der Waals surface area contributed by atoms with Crippen LogP contribution in [0.5, 0.6) is 0 Å². The first-order chi connectivity index (χ1) is 21.0. The van der Waals surface area contributed by atoms with Gasteiger partial charge in [0, 0.05) is 20.8 Å². The van der Waals surface area contributed by atoms with Crippen LogP contribution in [0.15, 0.2) is 27.4 Å². The molecule has 1 aliphatic heterocycles. The van der Waals surface area contributed by atoms with E-state index in [2.05, 4.69) is 41.5 Å². The summed E-state index contributed by atoms with van der Waals surface area (Å²) in [6.07, 6.45) is -4.66. The molecule has 250 valence electrons. The van der Waals surface area contributed by atoms with Crippen LogP contribution in [0, 0.1) is 11.6 Å². The maximum absolute atomic E-state index is 14.6. The third kappa shape index (κ3) is 8.32. The van der Waals surface area contributed by atoms with Gasteiger partial charge in [-0.2, -0.15) is 11.2 Å². The zero-order chi connectivity index (χ0) is 33.8. The molecule has 1 aliphatic rings. The second-order valence-electron chi connectivity index (χ2n) is 12.0. The largest absolute Gasteiger partial charge is 0.463 e. The van der Waals surface area contributed by atoms with E-state index < -0.39 is 78.9 Å². The van der Waals surface area contributed by atoms with Gasteiger partial charge in [-0.05, 0) is 34.8 Å². The number of esters is 3. The van der Waals surface area contributed by atoms with Crippen LogP contribution in [0.25, 0.3) is 11.0 Å². The normalized spacial score (nSPS) is 22.2. The van der Waals surface area contributed by atoms with Crippen LogP contribution in [-0.4, -0.2) is 61.6 Å². The maximum atomic E-state index is 14.6. The van der Waals surface area contributed by atoms with E-state index in [-0.39, 0.29) is 39.8 Å². The Labute approximate surface area is 266 Å². The lowest BCUT2D eigenvalue weighted by atomic mass is 9.99. The summed E-state index contributed by atoms with van der Waals surface area (Å²) in [5.74, 6) is -4.29. The first-order valence-corrected chi connectivity index (χ1v) is 18.7. The second-order valence-corrected chi connectivity index (χ2v) is 20.7. The third-order valence-corrected chi connectivity index (χ3v) is 20.6. The molecule has 1 fully saturated rings. The lowest BCUT2D eigenvalue weighted by Crippen LogP contribution is -2.62. The zero-order valence-corrected chi connectivity index (χ0v) is 28.8. The van der Waals surface area contributed by atoms with Gasteiger partial charge in [-0.25, -0.2) is 13.6 Å². The van der Waals surface area contributed by atoms with E-state index in [1.165, 1.54) is 20.8 Å². The minimum Gasteiger partial charge on any atom is -0.463 e. The summed E-state index contributed by atoms with van der Waals surface area (Å²) in [7, 11) is -2.32. The smallest absolute Gasteiger partial charge is 0.341 e. The Kier molecular flexibility index (Phi) is 12.4. The Morgan fingerprint density at radius 2 is 1.47 bits per heavy atom. The molecular formula is C31H42F2O10SSi. The highest BCUT2D eigenvalue weighted by molar-refractivity contribution is 8.29. The van der Waals surface area contributed by atoms with Crippen molar-refractivity contribution in [2.75, 3.05) is 6.61 Å². The molecule has 14 heteroatoms. The number of rotatable bonds is 12. The summed E-state index contributed by atoms with van der Waals surface area (Å²) in [6, 6.07) is 3.11. The van der Waals surface area contributed by atoms with Gasteiger partial charge in [-0.15, -0.1) is 0 Å². The van der Waals surface area contributed by atoms with Crippen molar-refractivity contribution in [3.05, 3.63) is 45.8 Å². The molecule has 2 heterocycles. The molecule has 0 spiro atoms. The Bertz CT molecular complexity index is 1420. The highest BCUT2D eigenvalue weighted by Crippen LogP contribution is 2.53. The number of carbonyl (C=O) groups is 3. The van der Waals surface area contributed by atoms with Crippen molar-refractivity contribution in [3.63, 3.8) is 0 Å². The SMILES string of the molecule is CC(=O)OCC1O[C@@H](S[Si](C(C)C)(C(C)C)C(C)C)C(OC(C)=O)C(OCc2cc3c(F)c(F)ccc3oc2=O)[C@H]1OC(C)=O. The van der Waals surface area contributed by atoms with Crippen molar-refractivity contribution >= 4 is 47.3 Å². The van der Waals surface area contributed by atoms with Crippen LogP contribution >= 0.6 is 11.2 Å². The van der Waals surface area contributed by atoms with Gasteiger partial charge in [0.15, 0.2) is 23.8 Å². The number of fused-ring (bicyclic) bond motifs is 1. The molecule has 0 bridgehead atoms. The fourth-order valence-corrected chi connectivity index (χ4v) is 16.2. The monoisotopic (exact) mass is 672 g/mol. The molecule has 3 unspecified atom stereocenters. The molecule has 0 N–H and O–H groups in total. The molecule has 0 amide bonds. The quantitative estimate of drug-likeness (QED) is 0.114. The summed E-state index contributed by atoms with van der Waals surface area (Å²) in [5.41, 5.74) is -1.22. The molecule has 3 rings (SSSR count). The summed E-state index contributed by atoms with van der Waals surface area (Å²) in [6.45, 7) is 15.7. The Balaban J connectivity index is 2.14. The minimum absolute atomic E-state index is 0.153. The predicted molar refractivity (Wildman–Crippen MR) is 166 cm³/mol. The number of halogens is 2. The van der Waals surface area contributed by atoms with E-state index >= 15 is 0 Å². The molecule has 1 aromatic carbocycles. The van der Waals surface area contributed by atoms with E-state index in [9.17, 15) is 28.0 Å². The van der Waals surface area contributed by atoms with Crippen LogP contribution in [0.4, 0.5) is 8.78 Å². The second kappa shape index (κ2) is 15.2. The summed E-state index contributed by atoms with van der Waals surface area (Å²) in [4.78, 5) is 49.4. The molecule has 1 saturated heterocycles. The fraction of sp³-hybridized carbons (Fsp3) is 0.613. The van der Waals surface area contributed by atoms with Crippen LogP contribution < -0.4 is 5.63 Å². The van der Waals surface area contributed by atoms with Gasteiger partial charge in [0.05, 0.1) is 17.6 Å². The Morgan fingerprint density at radius 3 is 2.00 bits per heavy atom. The van der Waals surface area contributed by atoms with Crippen molar-refractivity contribution in [2.24, 2.45) is 0 Å². The van der Waals surface area contributed by atoms with Gasteiger partial charge < -0.3 is 28.1 Å². The predicted octanol–water partition coefficient (Wildman–Crippen LogP) is 6.02. The molecule has 2 aromatic rings. The maximum Gasteiger partial charge on any atom is 0.341 e. The van der Waals surface area contributed by atoms with E-state index in [1.54, 1.807) is 11.2 Å². The van der Waals surface area contributed by atoms with Crippen LogP contribution in [-0.2, 0) is 44.7 Å². The van der Waals surface area contributed by atoms with Crippen molar-refractivity contribution in [3.8, 4) is 0 Å². The first kappa shape index (κ1) is 36.7. The van der Waals surface area contributed by atoms with Gasteiger partial charge in [0.25, 0.3) is 0 Å². The Morgan fingerprint density at radius 1 is 0.889 bits per heavy atom. The van der Waals surface area contributed by atoms with Crippen molar-refractivity contribution < 1.29 is 51.3 Å². The topological polar surface area (TPSA) is 128 Å². The number of benzene rings is 1. The molecule has 0 aliphatic carbocycles. The van der Waals surface area contributed by atoms with Gasteiger partial charge in [0.1, 0.15) is 37.1 Å². The molecule has 5 atom stereocenters. The van der Waals surface area contributed by atoms with E-state index in [0.29, 0.717) is 0 Å². The molecular weight excluding hydrogens is 630 g/mol. The van der Waals surface area contributed by atoms with Crippen LogP contribution in [0.1, 0.15) is 67.9 Å². The average molecular weight is 673 g/mol. The molecule has 1 aromatic heterocycles. The average Bonchev–Trinajstić information content (AvgIpc) is 2.92. The Hall–Kier alpha value is -2.81.